The first-order valence-electron chi connectivity index (χ1n) is 9.09. The third kappa shape index (κ3) is 3.03. The molecule has 0 radical (unpaired) electrons. The Kier molecular flexibility index (Phi) is 5.05. The topological polar surface area (TPSA) is 113 Å². The zero-order chi connectivity index (χ0) is 20.1. The molecule has 0 unspecified atom stereocenters. The number of esters is 2. The minimum absolute atomic E-state index is 0.162. The van der Waals surface area contributed by atoms with Gasteiger partial charge in [0.25, 0.3) is 0 Å². The van der Waals surface area contributed by atoms with Gasteiger partial charge in [0.15, 0.2) is 0 Å². The van der Waals surface area contributed by atoms with Gasteiger partial charge in [-0.1, -0.05) is 18.2 Å². The lowest BCUT2D eigenvalue weighted by Crippen LogP contribution is -2.48. The largest absolute Gasteiger partial charge is 0.458 e. The van der Waals surface area contributed by atoms with Gasteiger partial charge in [-0.25, -0.2) is 9.59 Å². The molecule has 0 spiro atoms. The van der Waals surface area contributed by atoms with Crippen LogP contribution in [0.4, 0.5) is 0 Å². The quantitative estimate of drug-likeness (QED) is 0.378. The highest BCUT2D eigenvalue weighted by atomic mass is 16.6. The van der Waals surface area contributed by atoms with Crippen LogP contribution in [0.2, 0.25) is 0 Å². The first-order valence-corrected chi connectivity index (χ1v) is 9.09. The van der Waals surface area contributed by atoms with Crippen LogP contribution in [0.1, 0.15) is 33.6 Å². The molecule has 3 rings (SSSR count). The van der Waals surface area contributed by atoms with Gasteiger partial charge >= 0.3 is 11.9 Å². The molecule has 0 bridgehead atoms. The van der Waals surface area contributed by atoms with Gasteiger partial charge in [-0.05, 0) is 32.8 Å². The molecule has 0 aromatic rings. The van der Waals surface area contributed by atoms with E-state index >= 15 is 0 Å². The zero-order valence-electron chi connectivity index (χ0n) is 15.8. The third-order valence-corrected chi connectivity index (χ3v) is 6.19. The van der Waals surface area contributed by atoms with Gasteiger partial charge < -0.3 is 24.8 Å². The molecule has 0 aromatic carbocycles. The van der Waals surface area contributed by atoms with Crippen molar-refractivity contribution in [2.24, 2.45) is 11.8 Å². The van der Waals surface area contributed by atoms with Crippen LogP contribution in [0.3, 0.4) is 0 Å². The molecule has 6 atom stereocenters. The Balaban J connectivity index is 2.08. The number of fused-ring (bicyclic) bond motifs is 3. The Morgan fingerprint density at radius 2 is 2.11 bits per heavy atom. The minimum atomic E-state index is -1.54. The van der Waals surface area contributed by atoms with Crippen molar-refractivity contribution in [3.63, 3.8) is 0 Å². The number of hydrogen-bond donors (Lipinski definition) is 3. The van der Waals surface area contributed by atoms with Crippen LogP contribution < -0.4 is 0 Å². The average Bonchev–Trinajstić information content (AvgIpc) is 2.97. The number of allylic oxidation sites excluding steroid dienone is 1. The summed E-state index contributed by atoms with van der Waals surface area (Å²) >= 11 is 0. The van der Waals surface area contributed by atoms with Crippen LogP contribution in [0, 0.1) is 11.8 Å². The average molecular weight is 378 g/mol. The second-order valence-electron chi connectivity index (χ2n) is 7.75. The van der Waals surface area contributed by atoms with E-state index < -0.39 is 47.7 Å². The first kappa shape index (κ1) is 19.8. The number of hydrogen-bond acceptors (Lipinski definition) is 7. The first-order chi connectivity index (χ1) is 12.6. The lowest BCUT2D eigenvalue weighted by Gasteiger charge is -2.34. The van der Waals surface area contributed by atoms with Crippen molar-refractivity contribution < 1.29 is 34.4 Å². The van der Waals surface area contributed by atoms with Gasteiger partial charge in [0.1, 0.15) is 12.2 Å². The molecule has 148 valence electrons. The second-order valence-corrected chi connectivity index (χ2v) is 7.75. The smallest absolute Gasteiger partial charge is 0.334 e. The fourth-order valence-electron chi connectivity index (χ4n) is 4.45. The van der Waals surface area contributed by atoms with E-state index in [9.17, 15) is 24.9 Å². The summed E-state index contributed by atoms with van der Waals surface area (Å²) in [6, 6.07) is 0. The van der Waals surface area contributed by atoms with E-state index in [0.29, 0.717) is 16.7 Å². The number of ether oxygens (including phenoxy) is 2. The highest BCUT2D eigenvalue weighted by Crippen LogP contribution is 2.52. The molecular formula is C20H26O7. The molecule has 1 saturated carbocycles. The lowest BCUT2D eigenvalue weighted by atomic mass is 9.78. The number of aliphatic hydroxyl groups excluding tert-OH is 2. The highest BCUT2D eigenvalue weighted by Gasteiger charge is 2.60. The summed E-state index contributed by atoms with van der Waals surface area (Å²) in [7, 11) is 0. The fraction of sp³-hybridized carbons (Fsp3) is 0.600. The maximum atomic E-state index is 12.3. The summed E-state index contributed by atoms with van der Waals surface area (Å²) in [5, 5.41) is 31.2. The molecule has 2 fully saturated rings. The molecule has 3 aliphatic rings. The van der Waals surface area contributed by atoms with Crippen molar-refractivity contribution >= 4 is 11.9 Å². The Hall–Kier alpha value is -1.96. The summed E-state index contributed by atoms with van der Waals surface area (Å²) in [5.41, 5.74) is 0.306. The molecule has 3 N–H and O–H groups in total. The van der Waals surface area contributed by atoms with Crippen molar-refractivity contribution in [3.8, 4) is 0 Å². The second kappa shape index (κ2) is 6.89. The van der Waals surface area contributed by atoms with Crippen LogP contribution >= 0.6 is 0 Å². The van der Waals surface area contributed by atoms with Gasteiger partial charge in [0.05, 0.1) is 24.2 Å². The van der Waals surface area contributed by atoms with E-state index in [2.05, 4.69) is 6.58 Å². The number of rotatable bonds is 3. The van der Waals surface area contributed by atoms with Crippen LogP contribution in [0.25, 0.3) is 0 Å². The molecule has 0 amide bonds. The fourth-order valence-corrected chi connectivity index (χ4v) is 4.45. The molecule has 27 heavy (non-hydrogen) atoms. The number of carbonyl (C=O) groups excluding carboxylic acids is 2. The molecule has 7 nitrogen and oxygen atoms in total. The monoisotopic (exact) mass is 378 g/mol. The van der Waals surface area contributed by atoms with Crippen molar-refractivity contribution in [1.29, 1.82) is 0 Å². The Labute approximate surface area is 158 Å². The van der Waals surface area contributed by atoms with E-state index in [1.807, 2.05) is 0 Å². The Morgan fingerprint density at radius 1 is 1.44 bits per heavy atom. The van der Waals surface area contributed by atoms with Gasteiger partial charge in [0, 0.05) is 23.5 Å². The molecule has 7 heteroatoms. The normalized spacial score (nSPS) is 39.0. The van der Waals surface area contributed by atoms with Crippen LogP contribution in [0.15, 0.2) is 34.9 Å². The lowest BCUT2D eigenvalue weighted by molar-refractivity contribution is -0.153. The predicted molar refractivity (Wildman–Crippen MR) is 95.3 cm³/mol. The van der Waals surface area contributed by atoms with E-state index in [4.69, 9.17) is 9.47 Å². The van der Waals surface area contributed by atoms with E-state index in [1.54, 1.807) is 19.9 Å². The summed E-state index contributed by atoms with van der Waals surface area (Å²) in [6.07, 6.45) is -0.649. The van der Waals surface area contributed by atoms with Gasteiger partial charge in [0.2, 0.25) is 0 Å². The van der Waals surface area contributed by atoms with E-state index in [-0.39, 0.29) is 25.0 Å². The number of aliphatic hydroxyl groups is 3. The summed E-state index contributed by atoms with van der Waals surface area (Å²) in [5.74, 6) is -2.48. The summed E-state index contributed by atoms with van der Waals surface area (Å²) < 4.78 is 11.2. The summed E-state index contributed by atoms with van der Waals surface area (Å²) in [4.78, 5) is 24.6. The molecule has 1 saturated heterocycles. The van der Waals surface area contributed by atoms with Gasteiger partial charge in [-0.3, -0.25) is 0 Å². The van der Waals surface area contributed by atoms with Crippen molar-refractivity contribution in [2.45, 2.75) is 57.5 Å². The molecular weight excluding hydrogens is 352 g/mol. The molecule has 1 heterocycles. The standard InChI is InChI=1S/C20H26O7/c1-5-9(2)18(23)26-13-6-11(8-21)12-7-14(22)20(4,25)16(12)17-15(13)10(3)19(24)27-17/h5,13-17,21-22,25H,3,6-8H2,1-2,4H3/b9-5+/t13-,14+,15-,16+,17+,20+/m1/s1. The molecule has 2 aliphatic carbocycles. The maximum absolute atomic E-state index is 12.3. The Morgan fingerprint density at radius 3 is 2.70 bits per heavy atom. The molecule has 0 aromatic heterocycles. The Bertz CT molecular complexity index is 745. The van der Waals surface area contributed by atoms with Crippen molar-refractivity contribution in [3.05, 3.63) is 34.9 Å². The van der Waals surface area contributed by atoms with Crippen LogP contribution in [0.5, 0.6) is 0 Å². The third-order valence-electron chi connectivity index (χ3n) is 6.19. The van der Waals surface area contributed by atoms with Crippen LogP contribution in [-0.2, 0) is 19.1 Å². The maximum Gasteiger partial charge on any atom is 0.334 e. The minimum Gasteiger partial charge on any atom is -0.458 e. The SMILES string of the molecule is C=C1C(=O)O[C@H]2[C@H]1[C@H](OC(=O)/C(C)=C/C)CC(CO)=C1C[C@H](O)[C@](C)(O)[C@@H]12. The van der Waals surface area contributed by atoms with Gasteiger partial charge in [-0.15, -0.1) is 0 Å². The molecule has 1 aliphatic heterocycles. The van der Waals surface area contributed by atoms with E-state index in [0.717, 1.165) is 0 Å². The zero-order valence-corrected chi connectivity index (χ0v) is 15.8. The van der Waals surface area contributed by atoms with E-state index in [1.165, 1.54) is 6.92 Å². The predicted octanol–water partition coefficient (Wildman–Crippen LogP) is 0.787. The van der Waals surface area contributed by atoms with Gasteiger partial charge in [-0.2, -0.15) is 0 Å². The number of carbonyl (C=O) groups is 2. The van der Waals surface area contributed by atoms with Crippen molar-refractivity contribution in [1.82, 2.24) is 0 Å². The van der Waals surface area contributed by atoms with Crippen molar-refractivity contribution in [2.75, 3.05) is 6.61 Å². The highest BCUT2D eigenvalue weighted by molar-refractivity contribution is 5.92. The summed E-state index contributed by atoms with van der Waals surface area (Å²) in [6.45, 7) is 8.35. The van der Waals surface area contributed by atoms with Crippen LogP contribution in [-0.4, -0.2) is 57.8 Å².